The van der Waals surface area contributed by atoms with E-state index in [0.717, 1.165) is 49.5 Å². The molecule has 23 heavy (non-hydrogen) atoms. The summed E-state index contributed by atoms with van der Waals surface area (Å²) in [6.07, 6.45) is 3.79. The van der Waals surface area contributed by atoms with Crippen molar-refractivity contribution in [1.82, 2.24) is 14.8 Å². The molecule has 2 heterocycles. The highest BCUT2D eigenvalue weighted by atomic mass is 79.9. The fraction of sp³-hybridized carbons (Fsp3) is 0.389. The van der Waals surface area contributed by atoms with Crippen LogP contribution >= 0.6 is 15.9 Å². The zero-order chi connectivity index (χ0) is 16.1. The van der Waals surface area contributed by atoms with Gasteiger partial charge in [0.2, 0.25) is 0 Å². The molecule has 1 saturated heterocycles. The molecule has 1 aliphatic heterocycles. The van der Waals surface area contributed by atoms with Gasteiger partial charge in [-0.05, 0) is 45.3 Å². The molecule has 0 unspecified atom stereocenters. The van der Waals surface area contributed by atoms with E-state index in [1.807, 2.05) is 24.5 Å². The third-order valence-corrected chi connectivity index (χ3v) is 4.84. The minimum Gasteiger partial charge on any atom is -0.496 e. The highest BCUT2D eigenvalue weighted by molar-refractivity contribution is 9.10. The van der Waals surface area contributed by atoms with Gasteiger partial charge in [0, 0.05) is 51.7 Å². The van der Waals surface area contributed by atoms with Crippen LogP contribution in [0.2, 0.25) is 0 Å². The number of piperazine rings is 1. The summed E-state index contributed by atoms with van der Waals surface area (Å²) < 4.78 is 6.31. The van der Waals surface area contributed by atoms with Crippen molar-refractivity contribution in [3.8, 4) is 5.75 Å². The first-order valence-electron chi connectivity index (χ1n) is 7.90. The summed E-state index contributed by atoms with van der Waals surface area (Å²) in [7, 11) is 1.70. The van der Waals surface area contributed by atoms with Crippen molar-refractivity contribution < 1.29 is 4.74 Å². The average molecular weight is 376 g/mol. The summed E-state index contributed by atoms with van der Waals surface area (Å²) in [5.74, 6) is 0.884. The minimum atomic E-state index is 0.884. The van der Waals surface area contributed by atoms with Gasteiger partial charge >= 0.3 is 0 Å². The Bertz CT molecular complexity index is 627. The van der Waals surface area contributed by atoms with Gasteiger partial charge < -0.3 is 4.74 Å². The molecule has 1 fully saturated rings. The van der Waals surface area contributed by atoms with Gasteiger partial charge in [-0.2, -0.15) is 0 Å². The predicted octanol–water partition coefficient (Wildman–Crippen LogP) is 3.17. The molecule has 2 aromatic rings. The smallest absolute Gasteiger partial charge is 0.133 e. The average Bonchev–Trinajstić information content (AvgIpc) is 2.58. The molecule has 0 amide bonds. The lowest BCUT2D eigenvalue weighted by Crippen LogP contribution is -2.45. The Balaban J connectivity index is 1.50. The predicted molar refractivity (Wildman–Crippen MR) is 95.5 cm³/mol. The normalized spacial score (nSPS) is 16.4. The molecule has 0 spiro atoms. The van der Waals surface area contributed by atoms with Gasteiger partial charge in [-0.15, -0.1) is 0 Å². The first-order valence-corrected chi connectivity index (χ1v) is 8.70. The Morgan fingerprint density at radius 2 is 1.74 bits per heavy atom. The first-order chi connectivity index (χ1) is 11.2. The van der Waals surface area contributed by atoms with Gasteiger partial charge in [-0.3, -0.25) is 14.8 Å². The molecule has 0 saturated carbocycles. The van der Waals surface area contributed by atoms with Crippen LogP contribution in [-0.4, -0.2) is 48.1 Å². The van der Waals surface area contributed by atoms with Crippen molar-refractivity contribution >= 4 is 15.9 Å². The second-order valence-electron chi connectivity index (χ2n) is 5.88. The molecule has 3 rings (SSSR count). The summed E-state index contributed by atoms with van der Waals surface area (Å²) in [6, 6.07) is 10.5. The summed E-state index contributed by atoms with van der Waals surface area (Å²) in [4.78, 5) is 9.20. The molecule has 0 radical (unpaired) electrons. The number of methoxy groups -OCH3 is 1. The number of hydrogen-bond acceptors (Lipinski definition) is 4. The zero-order valence-corrected chi connectivity index (χ0v) is 15.0. The van der Waals surface area contributed by atoms with Crippen LogP contribution in [0.5, 0.6) is 5.75 Å². The van der Waals surface area contributed by atoms with E-state index in [1.54, 1.807) is 7.11 Å². The number of halogens is 1. The van der Waals surface area contributed by atoms with E-state index >= 15 is 0 Å². The van der Waals surface area contributed by atoms with Gasteiger partial charge in [-0.1, -0.05) is 12.1 Å². The van der Waals surface area contributed by atoms with Crippen LogP contribution in [0.25, 0.3) is 0 Å². The zero-order valence-electron chi connectivity index (χ0n) is 13.4. The summed E-state index contributed by atoms with van der Waals surface area (Å²) in [6.45, 7) is 6.39. The van der Waals surface area contributed by atoms with E-state index in [2.05, 4.69) is 48.9 Å². The van der Waals surface area contributed by atoms with Crippen molar-refractivity contribution in [2.24, 2.45) is 0 Å². The largest absolute Gasteiger partial charge is 0.496 e. The number of ether oxygens (including phenoxy) is 1. The highest BCUT2D eigenvalue weighted by Gasteiger charge is 2.17. The summed E-state index contributed by atoms with van der Waals surface area (Å²) in [5, 5.41) is 0. The number of rotatable bonds is 5. The number of hydrogen-bond donors (Lipinski definition) is 0. The van der Waals surface area contributed by atoms with E-state index < -0.39 is 0 Å². The first kappa shape index (κ1) is 16.4. The Morgan fingerprint density at radius 3 is 2.30 bits per heavy atom. The molecule has 4 nitrogen and oxygen atoms in total. The minimum absolute atomic E-state index is 0.884. The molecular formula is C18H22BrN3O. The maximum absolute atomic E-state index is 5.29. The lowest BCUT2D eigenvalue weighted by Gasteiger charge is -2.34. The van der Waals surface area contributed by atoms with Gasteiger partial charge in [0.25, 0.3) is 0 Å². The van der Waals surface area contributed by atoms with Gasteiger partial charge in [0.1, 0.15) is 5.75 Å². The molecule has 0 aliphatic carbocycles. The van der Waals surface area contributed by atoms with E-state index in [0.29, 0.717) is 0 Å². The maximum Gasteiger partial charge on any atom is 0.133 e. The maximum atomic E-state index is 5.29. The van der Waals surface area contributed by atoms with E-state index in [4.69, 9.17) is 4.74 Å². The monoisotopic (exact) mass is 375 g/mol. The third kappa shape index (κ3) is 4.53. The second-order valence-corrected chi connectivity index (χ2v) is 6.74. The Labute approximate surface area is 146 Å². The summed E-state index contributed by atoms with van der Waals surface area (Å²) in [5.41, 5.74) is 2.61. The topological polar surface area (TPSA) is 28.6 Å². The summed E-state index contributed by atoms with van der Waals surface area (Å²) >= 11 is 3.56. The molecule has 5 heteroatoms. The molecular weight excluding hydrogens is 354 g/mol. The third-order valence-electron chi connectivity index (χ3n) is 4.22. The fourth-order valence-corrected chi connectivity index (χ4v) is 3.51. The van der Waals surface area contributed by atoms with Crippen LogP contribution in [0, 0.1) is 0 Å². The molecule has 1 aromatic heterocycles. The van der Waals surface area contributed by atoms with E-state index in [1.165, 1.54) is 11.1 Å². The molecule has 122 valence electrons. The van der Waals surface area contributed by atoms with Crippen molar-refractivity contribution in [3.05, 3.63) is 58.3 Å². The number of aromatic nitrogens is 1. The van der Waals surface area contributed by atoms with Crippen LogP contribution in [0.1, 0.15) is 11.1 Å². The number of nitrogens with zero attached hydrogens (tertiary/aromatic N) is 3. The lowest BCUT2D eigenvalue weighted by molar-refractivity contribution is 0.122. The van der Waals surface area contributed by atoms with Crippen LogP contribution in [0.15, 0.2) is 47.2 Å². The Morgan fingerprint density at radius 1 is 1.04 bits per heavy atom. The van der Waals surface area contributed by atoms with Crippen LogP contribution < -0.4 is 4.74 Å². The quantitative estimate of drug-likeness (QED) is 0.802. The van der Waals surface area contributed by atoms with E-state index in [-0.39, 0.29) is 0 Å². The molecule has 1 aromatic carbocycles. The standard InChI is InChI=1S/C18H22BrN3O/c1-23-18-5-4-15(11-17(18)19)13-21-7-9-22(10-8-21)14-16-3-2-6-20-12-16/h2-6,11-12H,7-10,13-14H2,1H3. The van der Waals surface area contributed by atoms with Crippen molar-refractivity contribution in [3.63, 3.8) is 0 Å². The van der Waals surface area contributed by atoms with Crippen LogP contribution in [-0.2, 0) is 13.1 Å². The molecule has 0 atom stereocenters. The lowest BCUT2D eigenvalue weighted by atomic mass is 10.2. The molecule has 1 aliphatic rings. The Hall–Kier alpha value is -1.43. The second kappa shape index (κ2) is 7.90. The van der Waals surface area contributed by atoms with Crippen molar-refractivity contribution in [1.29, 1.82) is 0 Å². The molecule has 0 bridgehead atoms. The van der Waals surface area contributed by atoms with Crippen LogP contribution in [0.3, 0.4) is 0 Å². The van der Waals surface area contributed by atoms with Gasteiger partial charge in [0.05, 0.1) is 11.6 Å². The van der Waals surface area contributed by atoms with Crippen molar-refractivity contribution in [2.75, 3.05) is 33.3 Å². The molecule has 0 N–H and O–H groups in total. The highest BCUT2D eigenvalue weighted by Crippen LogP contribution is 2.26. The van der Waals surface area contributed by atoms with Gasteiger partial charge in [-0.25, -0.2) is 0 Å². The SMILES string of the molecule is COc1ccc(CN2CCN(Cc3cccnc3)CC2)cc1Br. The fourth-order valence-electron chi connectivity index (χ4n) is 2.92. The van der Waals surface area contributed by atoms with Crippen molar-refractivity contribution in [2.45, 2.75) is 13.1 Å². The Kier molecular flexibility index (Phi) is 5.65. The van der Waals surface area contributed by atoms with E-state index in [9.17, 15) is 0 Å². The number of benzene rings is 1. The number of pyridine rings is 1. The van der Waals surface area contributed by atoms with Gasteiger partial charge in [0.15, 0.2) is 0 Å². The van der Waals surface area contributed by atoms with Crippen LogP contribution in [0.4, 0.5) is 0 Å².